The summed E-state index contributed by atoms with van der Waals surface area (Å²) < 4.78 is 10.7. The van der Waals surface area contributed by atoms with Crippen LogP contribution in [0.2, 0.25) is 0 Å². The Balaban J connectivity index is 0.00000312. The van der Waals surface area contributed by atoms with E-state index < -0.39 is 5.54 Å². The van der Waals surface area contributed by atoms with Crippen molar-refractivity contribution in [2.24, 2.45) is 11.7 Å². The van der Waals surface area contributed by atoms with E-state index in [1.54, 1.807) is 14.2 Å². The highest BCUT2D eigenvalue weighted by atomic mass is 35.5. The maximum Gasteiger partial charge on any atom is 0.225 e. The molecule has 0 heterocycles. The molecule has 6 heteroatoms. The van der Waals surface area contributed by atoms with E-state index >= 15 is 0 Å². The van der Waals surface area contributed by atoms with E-state index in [0.717, 1.165) is 36.8 Å². The third-order valence-corrected chi connectivity index (χ3v) is 5.17. The predicted molar refractivity (Wildman–Crippen MR) is 103 cm³/mol. The fourth-order valence-electron chi connectivity index (χ4n) is 3.64. The molecule has 0 saturated heterocycles. The first-order valence-corrected chi connectivity index (χ1v) is 8.62. The van der Waals surface area contributed by atoms with Crippen LogP contribution in [0.1, 0.15) is 56.7 Å². The number of hydrogen-bond donors (Lipinski definition) is 2. The molecule has 3 N–H and O–H groups in total. The topological polar surface area (TPSA) is 73.6 Å². The molecule has 1 aromatic carbocycles. The van der Waals surface area contributed by atoms with Gasteiger partial charge < -0.3 is 20.5 Å². The molecule has 0 aliphatic heterocycles. The molecule has 25 heavy (non-hydrogen) atoms. The molecule has 5 nitrogen and oxygen atoms in total. The Morgan fingerprint density at radius 1 is 1.28 bits per heavy atom. The maximum absolute atomic E-state index is 12.7. The third kappa shape index (κ3) is 4.79. The summed E-state index contributed by atoms with van der Waals surface area (Å²) in [6.45, 7) is 5.99. The molecule has 1 amide bonds. The van der Waals surface area contributed by atoms with Gasteiger partial charge in [0.2, 0.25) is 5.91 Å². The molecule has 1 fully saturated rings. The van der Waals surface area contributed by atoms with Crippen molar-refractivity contribution in [3.05, 3.63) is 23.3 Å². The summed E-state index contributed by atoms with van der Waals surface area (Å²) in [7, 11) is 3.23. The Labute approximate surface area is 157 Å². The van der Waals surface area contributed by atoms with E-state index in [9.17, 15) is 4.79 Å². The molecule has 1 saturated carbocycles. The van der Waals surface area contributed by atoms with E-state index in [1.807, 2.05) is 32.9 Å². The number of carbonyl (C=O) groups is 1. The van der Waals surface area contributed by atoms with Crippen LogP contribution in [0.5, 0.6) is 11.5 Å². The zero-order valence-corrected chi connectivity index (χ0v) is 16.7. The van der Waals surface area contributed by atoms with E-state index in [2.05, 4.69) is 5.32 Å². The number of amides is 1. The third-order valence-electron chi connectivity index (χ3n) is 5.17. The smallest absolute Gasteiger partial charge is 0.225 e. The average Bonchev–Trinajstić information content (AvgIpc) is 2.53. The van der Waals surface area contributed by atoms with Gasteiger partial charge in [0.1, 0.15) is 0 Å². The molecule has 0 radical (unpaired) electrons. The molecular formula is C19H31ClN2O3. The molecule has 0 spiro atoms. The van der Waals surface area contributed by atoms with Crippen molar-refractivity contribution in [3.63, 3.8) is 0 Å². The minimum atomic E-state index is -0.422. The lowest BCUT2D eigenvalue weighted by Crippen LogP contribution is -2.53. The highest BCUT2D eigenvalue weighted by molar-refractivity contribution is 5.85. The van der Waals surface area contributed by atoms with Gasteiger partial charge >= 0.3 is 0 Å². The molecule has 3 unspecified atom stereocenters. The van der Waals surface area contributed by atoms with Crippen molar-refractivity contribution in [3.8, 4) is 11.5 Å². The Hall–Kier alpha value is -1.46. The maximum atomic E-state index is 12.7. The van der Waals surface area contributed by atoms with Gasteiger partial charge in [-0.3, -0.25) is 4.79 Å². The van der Waals surface area contributed by atoms with Crippen molar-refractivity contribution in [2.75, 3.05) is 14.2 Å². The molecular weight excluding hydrogens is 340 g/mol. The molecule has 2 rings (SSSR count). The van der Waals surface area contributed by atoms with Crippen LogP contribution in [0.4, 0.5) is 0 Å². The number of benzene rings is 1. The lowest BCUT2D eigenvalue weighted by molar-refractivity contribution is -0.128. The summed E-state index contributed by atoms with van der Waals surface area (Å²) >= 11 is 0. The summed E-state index contributed by atoms with van der Waals surface area (Å²) in [6.07, 6.45) is 3.92. The lowest BCUT2D eigenvalue weighted by atomic mass is 9.74. The number of nitrogens with two attached hydrogens (primary N) is 1. The van der Waals surface area contributed by atoms with Gasteiger partial charge in [-0.15, -0.1) is 12.4 Å². The number of halogens is 1. The Morgan fingerprint density at radius 2 is 1.88 bits per heavy atom. The van der Waals surface area contributed by atoms with Crippen molar-refractivity contribution < 1.29 is 14.3 Å². The summed E-state index contributed by atoms with van der Waals surface area (Å²) in [6, 6.07) is 3.75. The van der Waals surface area contributed by atoms with Crippen molar-refractivity contribution in [2.45, 2.75) is 58.0 Å². The van der Waals surface area contributed by atoms with Crippen LogP contribution in [0.3, 0.4) is 0 Å². The summed E-state index contributed by atoms with van der Waals surface area (Å²) in [5, 5.41) is 3.14. The average molecular weight is 371 g/mol. The van der Waals surface area contributed by atoms with E-state index in [0.29, 0.717) is 11.5 Å². The predicted octanol–water partition coefficient (Wildman–Crippen LogP) is 3.52. The van der Waals surface area contributed by atoms with E-state index in [-0.39, 0.29) is 30.3 Å². The fourth-order valence-corrected chi connectivity index (χ4v) is 3.64. The number of carbonyl (C=O) groups excluding carboxylic acids is 1. The summed E-state index contributed by atoms with van der Waals surface area (Å²) in [5.74, 6) is 1.27. The number of ether oxygens (including phenoxy) is 2. The molecule has 0 aromatic heterocycles. The molecule has 0 bridgehead atoms. The number of methoxy groups -OCH3 is 2. The first kappa shape index (κ1) is 21.6. The first-order chi connectivity index (χ1) is 11.3. The van der Waals surface area contributed by atoms with E-state index in [1.165, 1.54) is 0 Å². The second-order valence-corrected chi connectivity index (χ2v) is 7.10. The molecule has 1 aliphatic rings. The van der Waals surface area contributed by atoms with Crippen LogP contribution < -0.4 is 20.5 Å². The Bertz CT molecular complexity index is 605. The van der Waals surface area contributed by atoms with Crippen LogP contribution in [-0.4, -0.2) is 25.7 Å². The SMILES string of the molecule is COc1cc(C)c(C(C)NC(=O)C2CCCCC2(C)N)cc1OC.Cl. The standard InChI is InChI=1S/C19H30N2O3.ClH/c1-12-10-16(23-4)17(24-5)11-14(12)13(2)21-18(22)15-8-6-7-9-19(15,3)20;/h10-11,13,15H,6-9,20H2,1-5H3,(H,21,22);1H. The van der Waals surface area contributed by atoms with Crippen LogP contribution in [0, 0.1) is 12.8 Å². The van der Waals surface area contributed by atoms with Crippen molar-refractivity contribution in [1.29, 1.82) is 0 Å². The lowest BCUT2D eigenvalue weighted by Gasteiger charge is -2.37. The van der Waals surface area contributed by atoms with Crippen LogP contribution >= 0.6 is 12.4 Å². The zero-order chi connectivity index (χ0) is 17.9. The van der Waals surface area contributed by atoms with Gasteiger partial charge in [-0.2, -0.15) is 0 Å². The second-order valence-electron chi connectivity index (χ2n) is 7.10. The number of nitrogens with one attached hydrogen (secondary N) is 1. The number of hydrogen-bond acceptors (Lipinski definition) is 4. The Kier molecular flexibility index (Phi) is 7.57. The molecule has 1 aliphatic carbocycles. The van der Waals surface area contributed by atoms with Crippen molar-refractivity contribution >= 4 is 18.3 Å². The van der Waals surface area contributed by atoms with Crippen molar-refractivity contribution in [1.82, 2.24) is 5.32 Å². The molecule has 3 atom stereocenters. The minimum absolute atomic E-state index is 0. The molecule has 1 aromatic rings. The van der Waals surface area contributed by atoms with Gasteiger partial charge in [-0.25, -0.2) is 0 Å². The van der Waals surface area contributed by atoms with Gasteiger partial charge in [0, 0.05) is 5.54 Å². The summed E-state index contributed by atoms with van der Waals surface area (Å²) in [4.78, 5) is 12.7. The minimum Gasteiger partial charge on any atom is -0.493 e. The van der Waals surface area contributed by atoms with Gasteiger partial charge in [-0.1, -0.05) is 12.8 Å². The van der Waals surface area contributed by atoms with Gasteiger partial charge in [-0.05, 0) is 56.9 Å². The Morgan fingerprint density at radius 3 is 2.44 bits per heavy atom. The fraction of sp³-hybridized carbons (Fsp3) is 0.632. The number of rotatable bonds is 5. The highest BCUT2D eigenvalue weighted by Crippen LogP contribution is 2.34. The summed E-state index contributed by atoms with van der Waals surface area (Å²) in [5.41, 5.74) is 8.01. The van der Waals surface area contributed by atoms with Gasteiger partial charge in [0.25, 0.3) is 0 Å². The highest BCUT2D eigenvalue weighted by Gasteiger charge is 2.38. The quantitative estimate of drug-likeness (QED) is 0.831. The van der Waals surface area contributed by atoms with Gasteiger partial charge in [0.05, 0.1) is 26.2 Å². The zero-order valence-electron chi connectivity index (χ0n) is 15.8. The largest absolute Gasteiger partial charge is 0.493 e. The normalized spacial score (nSPS) is 24.0. The van der Waals surface area contributed by atoms with Crippen LogP contribution in [0.25, 0.3) is 0 Å². The second kappa shape index (κ2) is 8.77. The van der Waals surface area contributed by atoms with Crippen LogP contribution in [-0.2, 0) is 4.79 Å². The molecule has 142 valence electrons. The monoisotopic (exact) mass is 370 g/mol. The number of aryl methyl sites for hydroxylation is 1. The van der Waals surface area contributed by atoms with E-state index in [4.69, 9.17) is 15.2 Å². The van der Waals surface area contributed by atoms with Gasteiger partial charge in [0.15, 0.2) is 11.5 Å². The van der Waals surface area contributed by atoms with Crippen LogP contribution in [0.15, 0.2) is 12.1 Å². The first-order valence-electron chi connectivity index (χ1n) is 8.62.